The van der Waals surface area contributed by atoms with Gasteiger partial charge in [0.2, 0.25) is 11.8 Å². The first-order valence-corrected chi connectivity index (χ1v) is 11.8. The SMILES string of the molecule is Cc1cc(CC(=O)N2C[C@H](O)C[C@H]2C(=O)N[C@@H](COCc2ccccc2)c2ccc(Cl)cc2)on1. The van der Waals surface area contributed by atoms with Gasteiger partial charge in [0.25, 0.3) is 0 Å². The lowest BCUT2D eigenvalue weighted by atomic mass is 10.1. The van der Waals surface area contributed by atoms with Gasteiger partial charge in [0, 0.05) is 24.1 Å². The van der Waals surface area contributed by atoms with E-state index in [0.29, 0.717) is 23.1 Å². The molecule has 3 aromatic rings. The number of amides is 2. The zero-order valence-corrected chi connectivity index (χ0v) is 20.1. The van der Waals surface area contributed by atoms with E-state index >= 15 is 0 Å². The van der Waals surface area contributed by atoms with E-state index in [1.54, 1.807) is 25.1 Å². The van der Waals surface area contributed by atoms with Gasteiger partial charge in [-0.2, -0.15) is 0 Å². The van der Waals surface area contributed by atoms with Crippen molar-refractivity contribution in [2.24, 2.45) is 0 Å². The van der Waals surface area contributed by atoms with Crippen LogP contribution >= 0.6 is 11.6 Å². The van der Waals surface area contributed by atoms with Gasteiger partial charge >= 0.3 is 0 Å². The number of aromatic nitrogens is 1. The lowest BCUT2D eigenvalue weighted by Gasteiger charge is -2.26. The number of halogens is 1. The number of hydrogen-bond donors (Lipinski definition) is 2. The molecule has 0 bridgehead atoms. The van der Waals surface area contributed by atoms with Gasteiger partial charge in [0.1, 0.15) is 11.8 Å². The highest BCUT2D eigenvalue weighted by Crippen LogP contribution is 2.23. The Morgan fingerprint density at radius 2 is 1.97 bits per heavy atom. The van der Waals surface area contributed by atoms with Gasteiger partial charge < -0.3 is 24.6 Å². The molecule has 1 aromatic heterocycles. The number of nitrogens with one attached hydrogen (secondary N) is 1. The van der Waals surface area contributed by atoms with E-state index in [1.165, 1.54) is 4.90 Å². The van der Waals surface area contributed by atoms with Gasteiger partial charge in [-0.15, -0.1) is 0 Å². The number of aryl methyl sites for hydroxylation is 1. The van der Waals surface area contributed by atoms with Crippen molar-refractivity contribution in [1.82, 2.24) is 15.4 Å². The number of likely N-dealkylation sites (tertiary alicyclic amines) is 1. The van der Waals surface area contributed by atoms with Gasteiger partial charge in [-0.05, 0) is 30.2 Å². The Morgan fingerprint density at radius 3 is 2.66 bits per heavy atom. The molecule has 0 spiro atoms. The van der Waals surface area contributed by atoms with E-state index in [-0.39, 0.29) is 37.8 Å². The van der Waals surface area contributed by atoms with Crippen molar-refractivity contribution in [3.8, 4) is 0 Å². The number of aliphatic hydroxyl groups is 1. The maximum absolute atomic E-state index is 13.3. The lowest BCUT2D eigenvalue weighted by molar-refractivity contribution is -0.138. The Balaban J connectivity index is 1.44. The molecule has 0 radical (unpaired) electrons. The van der Waals surface area contributed by atoms with Crippen LogP contribution < -0.4 is 5.32 Å². The average molecular weight is 498 g/mol. The third-order valence-corrected chi connectivity index (χ3v) is 6.14. The number of benzene rings is 2. The first kappa shape index (κ1) is 24.9. The number of nitrogens with zero attached hydrogens (tertiary/aromatic N) is 2. The van der Waals surface area contributed by atoms with E-state index in [2.05, 4.69) is 10.5 Å². The van der Waals surface area contributed by atoms with Crippen LogP contribution in [-0.2, 0) is 27.4 Å². The molecule has 4 rings (SSSR count). The maximum Gasteiger partial charge on any atom is 0.243 e. The minimum Gasteiger partial charge on any atom is -0.391 e. The van der Waals surface area contributed by atoms with Crippen LogP contribution in [0.25, 0.3) is 0 Å². The predicted molar refractivity (Wildman–Crippen MR) is 130 cm³/mol. The normalized spacial score (nSPS) is 18.4. The van der Waals surface area contributed by atoms with E-state index < -0.39 is 18.2 Å². The molecule has 0 saturated carbocycles. The first-order valence-electron chi connectivity index (χ1n) is 11.5. The molecule has 1 aliphatic heterocycles. The number of aliphatic hydroxyl groups excluding tert-OH is 1. The van der Waals surface area contributed by atoms with E-state index in [0.717, 1.165) is 11.1 Å². The number of hydrogen-bond acceptors (Lipinski definition) is 6. The Morgan fingerprint density at radius 1 is 1.23 bits per heavy atom. The summed E-state index contributed by atoms with van der Waals surface area (Å²) in [6.45, 7) is 2.47. The monoisotopic (exact) mass is 497 g/mol. The summed E-state index contributed by atoms with van der Waals surface area (Å²) in [5.41, 5.74) is 2.52. The number of carbonyl (C=O) groups is 2. The van der Waals surface area contributed by atoms with Gasteiger partial charge in [-0.1, -0.05) is 59.2 Å². The minimum atomic E-state index is -0.801. The van der Waals surface area contributed by atoms with Gasteiger partial charge in [0.15, 0.2) is 0 Å². The maximum atomic E-state index is 13.3. The molecule has 2 amide bonds. The highest BCUT2D eigenvalue weighted by Gasteiger charge is 2.39. The van der Waals surface area contributed by atoms with Crippen molar-refractivity contribution >= 4 is 23.4 Å². The molecular weight excluding hydrogens is 470 g/mol. The van der Waals surface area contributed by atoms with Crippen molar-refractivity contribution in [3.05, 3.63) is 88.3 Å². The molecule has 9 heteroatoms. The van der Waals surface area contributed by atoms with Gasteiger partial charge in [0.05, 0.1) is 37.5 Å². The van der Waals surface area contributed by atoms with Gasteiger partial charge in [-0.3, -0.25) is 9.59 Å². The molecule has 1 aliphatic rings. The van der Waals surface area contributed by atoms with Crippen molar-refractivity contribution in [2.75, 3.05) is 13.2 Å². The second kappa shape index (κ2) is 11.5. The molecule has 184 valence electrons. The summed E-state index contributed by atoms with van der Waals surface area (Å²) in [5, 5.41) is 17.6. The van der Waals surface area contributed by atoms with E-state index in [4.69, 9.17) is 20.9 Å². The summed E-state index contributed by atoms with van der Waals surface area (Å²) < 4.78 is 11.1. The molecule has 1 saturated heterocycles. The summed E-state index contributed by atoms with van der Waals surface area (Å²) in [6, 6.07) is 17.3. The molecular formula is C26H28ClN3O5. The zero-order chi connectivity index (χ0) is 24.8. The standard InChI is InChI=1S/C26H28ClN3O5/c1-17-11-22(35-29-17)13-25(32)30-14-21(31)12-24(30)26(33)28-23(19-7-9-20(27)10-8-19)16-34-15-18-5-3-2-4-6-18/h2-11,21,23-24,31H,12-16H2,1H3,(H,28,33)/t21-,23+,24+/m1/s1. The van der Waals surface area contributed by atoms with E-state index in [1.807, 2.05) is 42.5 Å². The smallest absolute Gasteiger partial charge is 0.243 e. The third kappa shape index (κ3) is 6.69. The van der Waals surface area contributed by atoms with Crippen LogP contribution in [0.1, 0.15) is 35.0 Å². The Kier molecular flexibility index (Phi) is 8.17. The molecule has 2 aromatic carbocycles. The largest absolute Gasteiger partial charge is 0.391 e. The lowest BCUT2D eigenvalue weighted by Crippen LogP contribution is -2.47. The molecule has 35 heavy (non-hydrogen) atoms. The quantitative estimate of drug-likeness (QED) is 0.470. The molecule has 3 atom stereocenters. The third-order valence-electron chi connectivity index (χ3n) is 5.89. The van der Waals surface area contributed by atoms with Crippen molar-refractivity contribution < 1.29 is 24.0 Å². The minimum absolute atomic E-state index is 0.0296. The summed E-state index contributed by atoms with van der Waals surface area (Å²) in [5.74, 6) is -0.241. The molecule has 0 unspecified atom stereocenters. The van der Waals surface area contributed by atoms with Crippen LogP contribution in [0.2, 0.25) is 5.02 Å². The van der Waals surface area contributed by atoms with Crippen molar-refractivity contribution in [1.29, 1.82) is 0 Å². The molecule has 1 fully saturated rings. The fourth-order valence-electron chi connectivity index (χ4n) is 4.14. The van der Waals surface area contributed by atoms with E-state index in [9.17, 15) is 14.7 Å². The fourth-order valence-corrected chi connectivity index (χ4v) is 4.27. The summed E-state index contributed by atoms with van der Waals surface area (Å²) in [4.78, 5) is 27.6. The highest BCUT2D eigenvalue weighted by molar-refractivity contribution is 6.30. The highest BCUT2D eigenvalue weighted by atomic mass is 35.5. The van der Waals surface area contributed by atoms with Crippen LogP contribution in [0.3, 0.4) is 0 Å². The first-order chi connectivity index (χ1) is 16.9. The van der Waals surface area contributed by atoms with Gasteiger partial charge in [-0.25, -0.2) is 0 Å². The predicted octanol–water partition coefficient (Wildman–Crippen LogP) is 3.22. The molecule has 0 aliphatic carbocycles. The van der Waals surface area contributed by atoms with Crippen LogP contribution in [0, 0.1) is 6.92 Å². The molecule has 2 N–H and O–H groups in total. The summed E-state index contributed by atoms with van der Waals surface area (Å²) in [6.07, 6.45) is -0.655. The van der Waals surface area contributed by atoms with Crippen LogP contribution in [0.5, 0.6) is 0 Å². The Bertz CT molecular complexity index is 1140. The molecule has 2 heterocycles. The summed E-state index contributed by atoms with van der Waals surface area (Å²) in [7, 11) is 0. The van der Waals surface area contributed by atoms with Crippen LogP contribution in [-0.4, -0.2) is 52.3 Å². The number of carbonyl (C=O) groups excluding carboxylic acids is 2. The Hall–Kier alpha value is -3.20. The molecule has 8 nitrogen and oxygen atoms in total. The van der Waals surface area contributed by atoms with Crippen LogP contribution in [0.15, 0.2) is 65.2 Å². The van der Waals surface area contributed by atoms with Crippen molar-refractivity contribution in [2.45, 2.75) is 44.6 Å². The summed E-state index contributed by atoms with van der Waals surface area (Å²) >= 11 is 6.05. The topological polar surface area (TPSA) is 105 Å². The number of β-amino-alcohol motifs (C(OH)–C–C–N with tert-alkyl or cyclic N) is 1. The second-order valence-electron chi connectivity index (χ2n) is 8.68. The fraction of sp³-hybridized carbons (Fsp3) is 0.346. The number of ether oxygens (including phenoxy) is 1. The van der Waals surface area contributed by atoms with Crippen LogP contribution in [0.4, 0.5) is 0 Å². The zero-order valence-electron chi connectivity index (χ0n) is 19.4. The number of rotatable bonds is 9. The average Bonchev–Trinajstić information content (AvgIpc) is 3.44. The van der Waals surface area contributed by atoms with Crippen molar-refractivity contribution in [3.63, 3.8) is 0 Å². The Labute approximate surface area is 208 Å². The second-order valence-corrected chi connectivity index (χ2v) is 9.11.